The predicted molar refractivity (Wildman–Crippen MR) is 138 cm³/mol. The number of aryl methyl sites for hydroxylation is 1. The highest BCUT2D eigenvalue weighted by Crippen LogP contribution is 2.25. The molecule has 0 bridgehead atoms. The molecule has 1 rings (SSSR count). The van der Waals surface area contributed by atoms with E-state index in [-0.39, 0.29) is 11.1 Å². The molecule has 0 saturated heterocycles. The van der Waals surface area contributed by atoms with Gasteiger partial charge in [-0.05, 0) is 42.9 Å². The van der Waals surface area contributed by atoms with Crippen LogP contribution in [-0.4, -0.2) is 22.2 Å². The first-order chi connectivity index (χ1) is 16.0. The Bertz CT molecular complexity index is 680. The quantitative estimate of drug-likeness (QED) is 0.180. The summed E-state index contributed by atoms with van der Waals surface area (Å²) in [5.74, 6) is -2.27. The molecule has 0 aliphatic heterocycles. The predicted octanol–water partition coefficient (Wildman–Crippen LogP) is 8.84. The van der Waals surface area contributed by atoms with Crippen LogP contribution in [0.4, 0.5) is 0 Å². The molecule has 0 aliphatic rings. The van der Waals surface area contributed by atoms with Crippen LogP contribution in [0.15, 0.2) is 12.1 Å². The molecule has 0 atom stereocenters. The summed E-state index contributed by atoms with van der Waals surface area (Å²) in [4.78, 5) is 23.7. The molecule has 33 heavy (non-hydrogen) atoms. The lowest BCUT2D eigenvalue weighted by atomic mass is 9.89. The number of hydrogen-bond acceptors (Lipinski definition) is 2. The van der Waals surface area contributed by atoms with Crippen LogP contribution in [0.3, 0.4) is 0 Å². The maximum Gasteiger partial charge on any atom is 0.336 e. The number of unbranched alkanes of at least 4 members (excludes halogenated alkanes) is 15. The Kier molecular flexibility index (Phi) is 16.4. The Morgan fingerprint density at radius 1 is 0.576 bits per heavy atom. The Hall–Kier alpha value is -1.84. The van der Waals surface area contributed by atoms with Crippen LogP contribution in [0, 0.1) is 0 Å². The zero-order chi connectivity index (χ0) is 24.3. The van der Waals surface area contributed by atoms with Gasteiger partial charge in [0, 0.05) is 0 Å². The molecule has 0 spiro atoms. The summed E-state index contributed by atoms with van der Waals surface area (Å²) in [5.41, 5.74) is 1.73. The van der Waals surface area contributed by atoms with Crippen molar-refractivity contribution in [3.05, 3.63) is 34.4 Å². The third kappa shape index (κ3) is 12.3. The SMILES string of the molecule is CCCCCCCCCCCc1c(CCCCCCCCCC)ccc(C(=O)O)c1C(=O)O. The molecule has 2 N–H and O–H groups in total. The fraction of sp³-hybridized carbons (Fsp3) is 0.724. The summed E-state index contributed by atoms with van der Waals surface area (Å²) in [7, 11) is 0. The number of carbonyl (C=O) groups is 2. The molecule has 0 unspecified atom stereocenters. The fourth-order valence-electron chi connectivity index (χ4n) is 4.70. The van der Waals surface area contributed by atoms with Crippen molar-refractivity contribution >= 4 is 11.9 Å². The summed E-state index contributed by atoms with van der Waals surface area (Å²) < 4.78 is 0. The summed E-state index contributed by atoms with van der Waals surface area (Å²) >= 11 is 0. The first-order valence-electron chi connectivity index (χ1n) is 13.6. The van der Waals surface area contributed by atoms with Crippen LogP contribution >= 0.6 is 0 Å². The van der Waals surface area contributed by atoms with Gasteiger partial charge in [0.2, 0.25) is 0 Å². The van der Waals surface area contributed by atoms with Gasteiger partial charge in [-0.2, -0.15) is 0 Å². The van der Waals surface area contributed by atoms with Gasteiger partial charge in [-0.25, -0.2) is 9.59 Å². The van der Waals surface area contributed by atoms with Crippen molar-refractivity contribution in [3.63, 3.8) is 0 Å². The van der Waals surface area contributed by atoms with Gasteiger partial charge in [0.05, 0.1) is 11.1 Å². The number of benzene rings is 1. The summed E-state index contributed by atoms with van der Waals surface area (Å²) in [6.07, 6.45) is 22.2. The van der Waals surface area contributed by atoms with Crippen molar-refractivity contribution in [2.45, 2.75) is 136 Å². The normalized spacial score (nSPS) is 11.1. The van der Waals surface area contributed by atoms with E-state index in [9.17, 15) is 19.8 Å². The number of hydrogen-bond donors (Lipinski definition) is 2. The van der Waals surface area contributed by atoms with Crippen LogP contribution in [0.5, 0.6) is 0 Å². The van der Waals surface area contributed by atoms with Gasteiger partial charge >= 0.3 is 11.9 Å². The molecular formula is C29H48O4. The molecule has 1 aromatic rings. The zero-order valence-corrected chi connectivity index (χ0v) is 21.3. The van der Waals surface area contributed by atoms with Crippen molar-refractivity contribution in [2.24, 2.45) is 0 Å². The standard InChI is InChI=1S/C29H48O4/c1-3-5-7-9-11-13-15-17-19-21-25-24(20-18-16-14-12-10-8-6-4-2)22-23-26(28(30)31)27(25)29(32)33/h22-23H,3-21H2,1-2H3,(H,30,31)(H,32,33). The van der Waals surface area contributed by atoms with Crippen LogP contribution in [0.2, 0.25) is 0 Å². The number of rotatable bonds is 21. The third-order valence-corrected chi connectivity index (χ3v) is 6.68. The molecule has 188 valence electrons. The second kappa shape index (κ2) is 18.6. The minimum absolute atomic E-state index is 0.0131. The van der Waals surface area contributed by atoms with Crippen molar-refractivity contribution in [1.82, 2.24) is 0 Å². The smallest absolute Gasteiger partial charge is 0.336 e. The Morgan fingerprint density at radius 3 is 1.42 bits per heavy atom. The molecular weight excluding hydrogens is 412 g/mol. The number of aromatic carboxylic acids is 2. The molecule has 0 fully saturated rings. The Labute approximate surface area is 202 Å². The average molecular weight is 461 g/mol. The minimum Gasteiger partial charge on any atom is -0.478 e. The number of carboxylic acid groups (broad SMARTS) is 2. The molecule has 0 amide bonds. The molecule has 0 saturated carbocycles. The second-order valence-electron chi connectivity index (χ2n) is 9.54. The molecule has 0 aliphatic carbocycles. The summed E-state index contributed by atoms with van der Waals surface area (Å²) in [6.45, 7) is 4.46. The first kappa shape index (κ1) is 29.2. The molecule has 0 heterocycles. The molecule has 1 aromatic carbocycles. The van der Waals surface area contributed by atoms with Crippen LogP contribution < -0.4 is 0 Å². The van der Waals surface area contributed by atoms with E-state index in [2.05, 4.69) is 13.8 Å². The maximum atomic E-state index is 12.0. The van der Waals surface area contributed by atoms with Crippen LogP contribution in [-0.2, 0) is 12.8 Å². The van der Waals surface area contributed by atoms with Gasteiger partial charge in [-0.1, -0.05) is 116 Å². The topological polar surface area (TPSA) is 74.6 Å². The van der Waals surface area contributed by atoms with E-state index in [0.29, 0.717) is 6.42 Å². The van der Waals surface area contributed by atoms with Crippen molar-refractivity contribution < 1.29 is 19.8 Å². The molecule has 4 nitrogen and oxygen atoms in total. The lowest BCUT2D eigenvalue weighted by Gasteiger charge is -2.15. The van der Waals surface area contributed by atoms with E-state index in [1.54, 1.807) is 0 Å². The Morgan fingerprint density at radius 2 is 1.00 bits per heavy atom. The van der Waals surface area contributed by atoms with Crippen molar-refractivity contribution in [1.29, 1.82) is 0 Å². The second-order valence-corrected chi connectivity index (χ2v) is 9.54. The van der Waals surface area contributed by atoms with Crippen LogP contribution in [0.1, 0.15) is 155 Å². The maximum absolute atomic E-state index is 12.0. The molecule has 0 aromatic heterocycles. The minimum atomic E-state index is -1.15. The van der Waals surface area contributed by atoms with E-state index in [1.807, 2.05) is 6.07 Å². The molecule has 0 radical (unpaired) electrons. The van der Waals surface area contributed by atoms with Gasteiger partial charge in [0.1, 0.15) is 0 Å². The van der Waals surface area contributed by atoms with Gasteiger partial charge < -0.3 is 10.2 Å². The lowest BCUT2D eigenvalue weighted by Crippen LogP contribution is -2.14. The first-order valence-corrected chi connectivity index (χ1v) is 13.6. The highest BCUT2D eigenvalue weighted by molar-refractivity contribution is 6.03. The fourth-order valence-corrected chi connectivity index (χ4v) is 4.70. The zero-order valence-electron chi connectivity index (χ0n) is 21.3. The van der Waals surface area contributed by atoms with Gasteiger partial charge in [0.25, 0.3) is 0 Å². The van der Waals surface area contributed by atoms with Crippen molar-refractivity contribution in [2.75, 3.05) is 0 Å². The van der Waals surface area contributed by atoms with E-state index in [1.165, 1.54) is 89.5 Å². The molecule has 4 heteroatoms. The monoisotopic (exact) mass is 460 g/mol. The van der Waals surface area contributed by atoms with Crippen molar-refractivity contribution in [3.8, 4) is 0 Å². The van der Waals surface area contributed by atoms with E-state index >= 15 is 0 Å². The average Bonchev–Trinajstić information content (AvgIpc) is 2.79. The highest BCUT2D eigenvalue weighted by atomic mass is 16.4. The third-order valence-electron chi connectivity index (χ3n) is 6.68. The van der Waals surface area contributed by atoms with Crippen LogP contribution in [0.25, 0.3) is 0 Å². The Balaban J connectivity index is 2.64. The summed E-state index contributed by atoms with van der Waals surface area (Å²) in [6, 6.07) is 3.35. The van der Waals surface area contributed by atoms with Gasteiger partial charge in [0.15, 0.2) is 0 Å². The largest absolute Gasteiger partial charge is 0.478 e. The van der Waals surface area contributed by atoms with E-state index in [4.69, 9.17) is 0 Å². The van der Waals surface area contributed by atoms with E-state index < -0.39 is 11.9 Å². The number of carboxylic acids is 2. The highest BCUT2D eigenvalue weighted by Gasteiger charge is 2.22. The summed E-state index contributed by atoms with van der Waals surface area (Å²) in [5, 5.41) is 19.3. The van der Waals surface area contributed by atoms with E-state index in [0.717, 1.165) is 43.2 Å². The van der Waals surface area contributed by atoms with Gasteiger partial charge in [-0.3, -0.25) is 0 Å². The van der Waals surface area contributed by atoms with Gasteiger partial charge in [-0.15, -0.1) is 0 Å². The lowest BCUT2D eigenvalue weighted by molar-refractivity contribution is 0.0650.